The largest absolute Gasteiger partial charge is 0.325 e. The van der Waals surface area contributed by atoms with Crippen molar-refractivity contribution in [3.63, 3.8) is 0 Å². The Morgan fingerprint density at radius 3 is 2.90 bits per heavy atom. The molecule has 0 aromatic heterocycles. The first kappa shape index (κ1) is 14.5. The van der Waals surface area contributed by atoms with Gasteiger partial charge in [0.15, 0.2) is 0 Å². The SMILES string of the molecule is Cc1cc(I)ccc1NC(=O)C1CNCc2ccccc21. The fourth-order valence-electron chi connectivity index (χ4n) is 2.72. The molecule has 2 aromatic rings. The standard InChI is InChI=1S/C17H17IN2O/c1-11-8-13(18)6-7-16(11)20-17(21)15-10-19-9-12-4-2-3-5-14(12)15/h2-8,15,19H,9-10H2,1H3,(H,20,21). The second-order valence-electron chi connectivity index (χ2n) is 5.33. The Bertz CT molecular complexity index is 684. The molecule has 4 heteroatoms. The molecule has 2 N–H and O–H groups in total. The van der Waals surface area contributed by atoms with Crippen LogP contribution in [0.5, 0.6) is 0 Å². The Morgan fingerprint density at radius 2 is 2.10 bits per heavy atom. The van der Waals surface area contributed by atoms with E-state index in [4.69, 9.17) is 0 Å². The van der Waals surface area contributed by atoms with E-state index >= 15 is 0 Å². The Hall–Kier alpha value is -1.40. The van der Waals surface area contributed by atoms with E-state index < -0.39 is 0 Å². The Labute approximate surface area is 138 Å². The summed E-state index contributed by atoms with van der Waals surface area (Å²) >= 11 is 2.28. The van der Waals surface area contributed by atoms with Gasteiger partial charge in [-0.1, -0.05) is 24.3 Å². The zero-order valence-electron chi connectivity index (χ0n) is 11.8. The van der Waals surface area contributed by atoms with E-state index in [1.165, 1.54) is 9.13 Å². The van der Waals surface area contributed by atoms with Crippen molar-refractivity contribution < 1.29 is 4.79 Å². The van der Waals surface area contributed by atoms with Crippen LogP contribution in [0, 0.1) is 10.5 Å². The van der Waals surface area contributed by atoms with Crippen LogP contribution in [0.2, 0.25) is 0 Å². The number of anilines is 1. The number of hydrogen-bond donors (Lipinski definition) is 2. The molecule has 1 unspecified atom stereocenters. The highest BCUT2D eigenvalue weighted by Crippen LogP contribution is 2.26. The predicted molar refractivity (Wildman–Crippen MR) is 93.4 cm³/mol. The topological polar surface area (TPSA) is 41.1 Å². The smallest absolute Gasteiger partial charge is 0.233 e. The second kappa shape index (κ2) is 6.15. The van der Waals surface area contributed by atoms with Crippen molar-refractivity contribution in [1.82, 2.24) is 5.32 Å². The van der Waals surface area contributed by atoms with Gasteiger partial charge in [0.1, 0.15) is 0 Å². The molecule has 0 radical (unpaired) electrons. The van der Waals surface area contributed by atoms with E-state index in [0.29, 0.717) is 6.54 Å². The lowest BCUT2D eigenvalue weighted by Crippen LogP contribution is -2.35. The molecule has 0 saturated heterocycles. The van der Waals surface area contributed by atoms with Crippen LogP contribution in [0.4, 0.5) is 5.69 Å². The monoisotopic (exact) mass is 392 g/mol. The van der Waals surface area contributed by atoms with Crippen molar-refractivity contribution in [3.05, 3.63) is 62.7 Å². The van der Waals surface area contributed by atoms with Crippen LogP contribution in [0.3, 0.4) is 0 Å². The zero-order chi connectivity index (χ0) is 14.8. The lowest BCUT2D eigenvalue weighted by molar-refractivity contribution is -0.117. The lowest BCUT2D eigenvalue weighted by atomic mass is 9.90. The number of hydrogen-bond acceptors (Lipinski definition) is 2. The first-order chi connectivity index (χ1) is 10.1. The second-order valence-corrected chi connectivity index (χ2v) is 6.58. The average molecular weight is 392 g/mol. The van der Waals surface area contributed by atoms with Gasteiger partial charge in [-0.2, -0.15) is 0 Å². The summed E-state index contributed by atoms with van der Waals surface area (Å²) in [5.74, 6) is -0.0763. The third-order valence-corrected chi connectivity index (χ3v) is 4.53. The maximum atomic E-state index is 12.6. The van der Waals surface area contributed by atoms with Crippen LogP contribution < -0.4 is 10.6 Å². The Balaban J connectivity index is 1.83. The van der Waals surface area contributed by atoms with Crippen molar-refractivity contribution in [2.75, 3.05) is 11.9 Å². The first-order valence-corrected chi connectivity index (χ1v) is 8.08. The molecular weight excluding hydrogens is 375 g/mol. The van der Waals surface area contributed by atoms with Crippen LogP contribution in [-0.4, -0.2) is 12.5 Å². The number of benzene rings is 2. The van der Waals surface area contributed by atoms with Gasteiger partial charge in [-0.25, -0.2) is 0 Å². The zero-order valence-corrected chi connectivity index (χ0v) is 14.0. The summed E-state index contributed by atoms with van der Waals surface area (Å²) in [6.45, 7) is 3.54. The minimum Gasteiger partial charge on any atom is -0.325 e. The summed E-state index contributed by atoms with van der Waals surface area (Å²) in [7, 11) is 0. The minimum atomic E-state index is -0.131. The highest BCUT2D eigenvalue weighted by molar-refractivity contribution is 14.1. The number of aryl methyl sites for hydroxylation is 1. The number of carbonyl (C=O) groups is 1. The molecule has 1 amide bonds. The van der Waals surface area contributed by atoms with Gasteiger partial charge < -0.3 is 10.6 Å². The van der Waals surface area contributed by atoms with E-state index in [1.807, 2.05) is 31.2 Å². The van der Waals surface area contributed by atoms with E-state index in [9.17, 15) is 4.79 Å². The minimum absolute atomic E-state index is 0.0546. The molecule has 1 heterocycles. The lowest BCUT2D eigenvalue weighted by Gasteiger charge is -2.25. The average Bonchev–Trinajstić information content (AvgIpc) is 2.49. The predicted octanol–water partition coefficient (Wildman–Crippen LogP) is 3.43. The number of amides is 1. The normalized spacial score (nSPS) is 17.1. The van der Waals surface area contributed by atoms with Crippen molar-refractivity contribution in [1.29, 1.82) is 0 Å². The van der Waals surface area contributed by atoms with Crippen LogP contribution in [0.25, 0.3) is 0 Å². The Morgan fingerprint density at radius 1 is 1.29 bits per heavy atom. The highest BCUT2D eigenvalue weighted by atomic mass is 127. The molecule has 108 valence electrons. The van der Waals surface area contributed by atoms with Crippen molar-refractivity contribution in [2.45, 2.75) is 19.4 Å². The molecule has 1 aliphatic rings. The molecule has 1 aliphatic heterocycles. The van der Waals surface area contributed by atoms with Gasteiger partial charge in [0, 0.05) is 22.3 Å². The third kappa shape index (κ3) is 3.11. The van der Waals surface area contributed by atoms with E-state index in [0.717, 1.165) is 23.4 Å². The van der Waals surface area contributed by atoms with Crippen LogP contribution in [0.15, 0.2) is 42.5 Å². The van der Waals surface area contributed by atoms with Crippen molar-refractivity contribution in [3.8, 4) is 0 Å². The van der Waals surface area contributed by atoms with Crippen molar-refractivity contribution >= 4 is 34.2 Å². The molecule has 0 spiro atoms. The fourth-order valence-corrected chi connectivity index (χ4v) is 3.36. The summed E-state index contributed by atoms with van der Waals surface area (Å²) in [5, 5.41) is 6.39. The Kier molecular flexibility index (Phi) is 4.26. The molecule has 2 aromatic carbocycles. The molecular formula is C17H17IN2O. The van der Waals surface area contributed by atoms with Gasteiger partial charge in [-0.3, -0.25) is 4.79 Å². The van der Waals surface area contributed by atoms with E-state index in [1.54, 1.807) is 0 Å². The van der Waals surface area contributed by atoms with E-state index in [2.05, 4.69) is 51.4 Å². The van der Waals surface area contributed by atoms with Gasteiger partial charge in [-0.05, 0) is 64.4 Å². The van der Waals surface area contributed by atoms with E-state index in [-0.39, 0.29) is 11.8 Å². The molecule has 3 rings (SSSR count). The molecule has 0 aliphatic carbocycles. The summed E-state index contributed by atoms with van der Waals surface area (Å²) in [6.07, 6.45) is 0. The van der Waals surface area contributed by atoms with Gasteiger partial charge >= 0.3 is 0 Å². The maximum Gasteiger partial charge on any atom is 0.233 e. The quantitative estimate of drug-likeness (QED) is 0.770. The van der Waals surface area contributed by atoms with Crippen molar-refractivity contribution in [2.24, 2.45) is 0 Å². The number of nitrogens with one attached hydrogen (secondary N) is 2. The summed E-state index contributed by atoms with van der Waals surface area (Å²) in [5.41, 5.74) is 4.33. The van der Waals surface area contributed by atoms with Crippen LogP contribution >= 0.6 is 22.6 Å². The fraction of sp³-hybridized carbons (Fsp3) is 0.235. The van der Waals surface area contributed by atoms with Gasteiger partial charge in [0.05, 0.1) is 5.92 Å². The summed E-state index contributed by atoms with van der Waals surface area (Å²) in [6, 6.07) is 14.2. The number of halogens is 1. The number of rotatable bonds is 2. The molecule has 21 heavy (non-hydrogen) atoms. The van der Waals surface area contributed by atoms with Gasteiger partial charge in [-0.15, -0.1) is 0 Å². The molecule has 1 atom stereocenters. The molecule has 3 nitrogen and oxygen atoms in total. The molecule has 0 fully saturated rings. The first-order valence-electron chi connectivity index (χ1n) is 7.00. The molecule has 0 saturated carbocycles. The summed E-state index contributed by atoms with van der Waals surface area (Å²) in [4.78, 5) is 12.6. The maximum absolute atomic E-state index is 12.6. The van der Waals surface area contributed by atoms with Crippen LogP contribution in [0.1, 0.15) is 22.6 Å². The van der Waals surface area contributed by atoms with Gasteiger partial charge in [0.25, 0.3) is 0 Å². The van der Waals surface area contributed by atoms with Crippen LogP contribution in [-0.2, 0) is 11.3 Å². The number of carbonyl (C=O) groups excluding carboxylic acids is 1. The van der Waals surface area contributed by atoms with Gasteiger partial charge in [0.2, 0.25) is 5.91 Å². The third-order valence-electron chi connectivity index (χ3n) is 3.86. The number of fused-ring (bicyclic) bond motifs is 1. The highest BCUT2D eigenvalue weighted by Gasteiger charge is 2.26. The molecule has 0 bridgehead atoms. The summed E-state index contributed by atoms with van der Waals surface area (Å²) < 4.78 is 1.17.